The van der Waals surface area contributed by atoms with Gasteiger partial charge in [0.15, 0.2) is 0 Å². The van der Waals surface area contributed by atoms with E-state index in [0.29, 0.717) is 0 Å². The second-order valence-electron chi connectivity index (χ2n) is 2.04. The number of aliphatic hydroxyl groups is 6. The van der Waals surface area contributed by atoms with Crippen LogP contribution in [0.4, 0.5) is 0 Å². The molecule has 0 aliphatic carbocycles. The van der Waals surface area contributed by atoms with Gasteiger partial charge < -0.3 is 42.9 Å². The molecule has 0 unspecified atom stereocenters. The molecule has 0 aromatic heterocycles. The molecule has 0 saturated heterocycles. The van der Waals surface area contributed by atoms with Crippen LogP contribution in [0, 0.1) is 0 Å². The van der Waals surface area contributed by atoms with Gasteiger partial charge in [-0.3, -0.25) is 0 Å². The molecule has 0 aromatic rings. The lowest BCUT2D eigenvalue weighted by Gasteiger charge is -1.96. The van der Waals surface area contributed by atoms with Crippen molar-refractivity contribution in [2.75, 3.05) is 26.4 Å². The number of hydrogen-bond donors (Lipinski definition) is 8. The van der Waals surface area contributed by atoms with Gasteiger partial charge in [-0.1, -0.05) is 0 Å². The first-order chi connectivity index (χ1) is 5.62. The molecule has 0 rings (SSSR count). The fourth-order valence-corrected chi connectivity index (χ4v) is 0.115. The lowest BCUT2D eigenvalue weighted by molar-refractivity contribution is 0.0450. The molecule has 0 bridgehead atoms. The summed E-state index contributed by atoms with van der Waals surface area (Å²) in [6, 6.07) is 0. The molecule has 0 radical (unpaired) electrons. The van der Waals surface area contributed by atoms with Crippen LogP contribution in [-0.4, -0.2) is 69.3 Å². The van der Waals surface area contributed by atoms with Gasteiger partial charge in [-0.15, -0.1) is 0 Å². The van der Waals surface area contributed by atoms with Gasteiger partial charge in [0.05, 0.1) is 26.4 Å². The van der Waals surface area contributed by atoms with Crippen LogP contribution in [0.2, 0.25) is 0 Å². The molecular weight excluding hydrogens is 196 g/mol. The third kappa shape index (κ3) is 22.6. The summed E-state index contributed by atoms with van der Waals surface area (Å²) in [5, 5.41) is 48.0. The highest BCUT2D eigenvalue weighted by molar-refractivity contribution is 4.44. The minimum Gasteiger partial charge on any atom is -0.394 e. The molecule has 0 heterocycles. The largest absolute Gasteiger partial charge is 0.394 e. The van der Waals surface area contributed by atoms with E-state index >= 15 is 0 Å². The van der Waals surface area contributed by atoms with Crippen LogP contribution in [0.15, 0.2) is 0 Å². The Bertz CT molecular complexity index is 68.7. The molecule has 8 nitrogen and oxygen atoms in total. The van der Waals surface area contributed by atoms with E-state index in [1.807, 2.05) is 0 Å². The van der Waals surface area contributed by atoms with Crippen molar-refractivity contribution in [3.8, 4) is 0 Å². The van der Waals surface area contributed by atoms with E-state index in [-0.39, 0.29) is 38.7 Å². The van der Waals surface area contributed by atoms with Gasteiger partial charge in [-0.2, -0.15) is 0 Å². The van der Waals surface area contributed by atoms with Crippen molar-refractivity contribution in [2.24, 2.45) is 0 Å². The maximum atomic E-state index is 8.17. The Kier molecular flexibility index (Phi) is 31.0. The fourth-order valence-electron chi connectivity index (χ4n) is 0.115. The van der Waals surface area contributed by atoms with Crippen LogP contribution in [0.5, 0.6) is 0 Å². The highest BCUT2D eigenvalue weighted by atomic mass is 16.3. The standard InChI is InChI=1S/2C3H8O3.2H3N/c2*4-1-3(6)2-5;;/h2*3-6H,1-2H2;2*1H3. The van der Waals surface area contributed by atoms with E-state index < -0.39 is 12.2 Å². The van der Waals surface area contributed by atoms with E-state index in [2.05, 4.69) is 0 Å². The number of aliphatic hydroxyl groups excluding tert-OH is 6. The van der Waals surface area contributed by atoms with Crippen molar-refractivity contribution in [2.45, 2.75) is 12.2 Å². The third-order valence-corrected chi connectivity index (χ3v) is 0.843. The second kappa shape index (κ2) is 18.5. The van der Waals surface area contributed by atoms with Crippen LogP contribution in [0.25, 0.3) is 0 Å². The lowest BCUT2D eigenvalue weighted by Crippen LogP contribution is -2.15. The van der Waals surface area contributed by atoms with Gasteiger partial charge in [-0.25, -0.2) is 0 Å². The monoisotopic (exact) mass is 218 g/mol. The molecule has 0 aliphatic rings. The lowest BCUT2D eigenvalue weighted by atomic mass is 10.4. The van der Waals surface area contributed by atoms with Gasteiger partial charge in [0.25, 0.3) is 0 Å². The molecule has 92 valence electrons. The summed E-state index contributed by atoms with van der Waals surface area (Å²) in [6.07, 6.45) is -1.91. The van der Waals surface area contributed by atoms with Crippen molar-refractivity contribution in [3.05, 3.63) is 0 Å². The summed E-state index contributed by atoms with van der Waals surface area (Å²) in [4.78, 5) is 0. The summed E-state index contributed by atoms with van der Waals surface area (Å²) in [5.41, 5.74) is 0. The molecule has 8 heteroatoms. The summed E-state index contributed by atoms with van der Waals surface area (Å²) >= 11 is 0. The normalized spacial score (nSPS) is 8.57. The van der Waals surface area contributed by atoms with E-state index in [1.54, 1.807) is 0 Å². The van der Waals surface area contributed by atoms with Crippen LogP contribution >= 0.6 is 0 Å². The average Bonchev–Trinajstić information content (AvgIpc) is 2.16. The smallest absolute Gasteiger partial charge is 0.100 e. The Hall–Kier alpha value is -0.320. The number of hydrogen-bond acceptors (Lipinski definition) is 8. The molecule has 0 amide bonds. The summed E-state index contributed by atoms with van der Waals surface area (Å²) in [5.74, 6) is 0. The molecule has 0 aromatic carbocycles. The Morgan fingerprint density at radius 1 is 0.571 bits per heavy atom. The first-order valence-electron chi connectivity index (χ1n) is 3.41. The van der Waals surface area contributed by atoms with Gasteiger partial charge in [0.1, 0.15) is 12.2 Å². The zero-order chi connectivity index (χ0) is 9.98. The quantitative estimate of drug-likeness (QED) is 0.244. The van der Waals surface area contributed by atoms with Gasteiger partial charge in [0.2, 0.25) is 0 Å². The van der Waals surface area contributed by atoms with E-state index in [1.165, 1.54) is 0 Å². The Morgan fingerprint density at radius 3 is 0.714 bits per heavy atom. The molecular formula is C6H22N2O6. The molecule has 0 fully saturated rings. The van der Waals surface area contributed by atoms with Crippen molar-refractivity contribution >= 4 is 0 Å². The van der Waals surface area contributed by atoms with Crippen LogP contribution in [-0.2, 0) is 0 Å². The van der Waals surface area contributed by atoms with Crippen molar-refractivity contribution < 1.29 is 30.6 Å². The molecule has 0 saturated carbocycles. The molecule has 12 N–H and O–H groups in total. The van der Waals surface area contributed by atoms with Gasteiger partial charge >= 0.3 is 0 Å². The minimum atomic E-state index is -0.954. The van der Waals surface area contributed by atoms with Crippen molar-refractivity contribution in [1.82, 2.24) is 12.3 Å². The first-order valence-corrected chi connectivity index (χ1v) is 3.41. The highest BCUT2D eigenvalue weighted by Gasteiger charge is 1.94. The Labute approximate surface area is 82.6 Å². The SMILES string of the molecule is N.N.OCC(O)CO.OCC(O)CO. The van der Waals surface area contributed by atoms with E-state index in [0.717, 1.165) is 0 Å². The second-order valence-corrected chi connectivity index (χ2v) is 2.04. The highest BCUT2D eigenvalue weighted by Crippen LogP contribution is 1.72. The summed E-state index contributed by atoms with van der Waals surface area (Å²) < 4.78 is 0. The van der Waals surface area contributed by atoms with Crippen LogP contribution in [0.1, 0.15) is 0 Å². The fraction of sp³-hybridized carbons (Fsp3) is 1.00. The molecule has 0 aliphatic heterocycles. The maximum Gasteiger partial charge on any atom is 0.100 e. The zero-order valence-corrected chi connectivity index (χ0v) is 8.08. The predicted molar refractivity (Wildman–Crippen MR) is 50.4 cm³/mol. The summed E-state index contributed by atoms with van der Waals surface area (Å²) in [7, 11) is 0. The summed E-state index contributed by atoms with van der Waals surface area (Å²) in [6.45, 7) is -1.46. The molecule has 0 atom stereocenters. The maximum absolute atomic E-state index is 8.17. The van der Waals surface area contributed by atoms with Gasteiger partial charge in [0, 0.05) is 0 Å². The van der Waals surface area contributed by atoms with E-state index in [9.17, 15) is 0 Å². The zero-order valence-electron chi connectivity index (χ0n) is 8.08. The first kappa shape index (κ1) is 23.5. The minimum absolute atomic E-state index is 0. The van der Waals surface area contributed by atoms with Gasteiger partial charge in [-0.05, 0) is 0 Å². The molecule has 14 heavy (non-hydrogen) atoms. The van der Waals surface area contributed by atoms with E-state index in [4.69, 9.17) is 30.6 Å². The Morgan fingerprint density at radius 2 is 0.714 bits per heavy atom. The molecule has 0 spiro atoms. The topological polar surface area (TPSA) is 191 Å². The van der Waals surface area contributed by atoms with Crippen molar-refractivity contribution in [1.29, 1.82) is 0 Å². The third-order valence-electron chi connectivity index (χ3n) is 0.843. The van der Waals surface area contributed by atoms with Crippen LogP contribution < -0.4 is 12.3 Å². The average molecular weight is 218 g/mol. The number of rotatable bonds is 4. The van der Waals surface area contributed by atoms with Crippen molar-refractivity contribution in [3.63, 3.8) is 0 Å². The Balaban J connectivity index is -0.0000000625. The van der Waals surface area contributed by atoms with Crippen LogP contribution in [0.3, 0.4) is 0 Å². The predicted octanol–water partition coefficient (Wildman–Crippen LogP) is -3.01.